The summed E-state index contributed by atoms with van der Waals surface area (Å²) in [6, 6.07) is 13.3. The molecule has 73 heavy (non-hydrogen) atoms. The van der Waals surface area contributed by atoms with Crippen LogP contribution < -0.4 is 10.6 Å². The van der Waals surface area contributed by atoms with Gasteiger partial charge < -0.3 is 10.6 Å². The zero-order valence-electron chi connectivity index (χ0n) is 44.4. The van der Waals surface area contributed by atoms with Crippen LogP contribution in [0.1, 0.15) is 239 Å². The molecule has 0 unspecified atom stereocenters. The first-order valence-electron chi connectivity index (χ1n) is 28.3. The van der Waals surface area contributed by atoms with E-state index in [-0.39, 0.29) is 23.0 Å². The fraction of sp³-hybridized carbons (Fsp3) is 0.639. The standard InChI is InChI=1S/C61H84F6N2O2S2/c1-5-7-9-11-13-15-17-19-21-23-25-27-29-31-41-68-55(70)47-37-33-45(34-38-47)51-43-49-53-54(60(64,65)61(66,67)59(53,62)63)50-44-52(73-58(4,72-51)57(49,50)3)46-35-39-48(40-36-46)56(71)69-42-32-30-28-26-24-22-20-18-16-14-12-10-8-6-2/h33-40,43-44H,5-32,41-42H2,1-4H3,(H,68,70)(H,69,71). The third kappa shape index (κ3) is 14.0. The Hall–Kier alpha value is -3.38. The Labute approximate surface area is 442 Å². The van der Waals surface area contributed by atoms with Crippen molar-refractivity contribution in [2.24, 2.45) is 5.41 Å². The van der Waals surface area contributed by atoms with Crippen molar-refractivity contribution in [1.82, 2.24) is 10.6 Å². The van der Waals surface area contributed by atoms with Crippen molar-refractivity contribution >= 4 is 45.1 Å². The molecule has 404 valence electrons. The molecule has 4 aliphatic rings. The molecule has 12 heteroatoms. The van der Waals surface area contributed by atoms with Gasteiger partial charge in [0.05, 0.1) is 4.08 Å². The van der Waals surface area contributed by atoms with E-state index in [4.69, 9.17) is 0 Å². The van der Waals surface area contributed by atoms with Crippen LogP contribution in [-0.4, -0.2) is 46.8 Å². The first-order valence-corrected chi connectivity index (χ1v) is 29.9. The van der Waals surface area contributed by atoms with Gasteiger partial charge >= 0.3 is 17.8 Å². The lowest BCUT2D eigenvalue weighted by molar-refractivity contribution is -0.258. The van der Waals surface area contributed by atoms with Gasteiger partial charge in [0.2, 0.25) is 0 Å². The van der Waals surface area contributed by atoms with Gasteiger partial charge in [-0.1, -0.05) is 205 Å². The number of fused-ring (bicyclic) bond motifs is 1. The topological polar surface area (TPSA) is 58.2 Å². The van der Waals surface area contributed by atoms with E-state index in [0.29, 0.717) is 45.2 Å². The number of allylic oxidation sites excluding steroid dienone is 6. The van der Waals surface area contributed by atoms with Gasteiger partial charge in [0.15, 0.2) is 0 Å². The van der Waals surface area contributed by atoms with Crippen LogP contribution in [0, 0.1) is 5.41 Å². The Morgan fingerprint density at radius 2 is 0.699 bits per heavy atom. The summed E-state index contributed by atoms with van der Waals surface area (Å²) >= 11 is 2.61. The highest BCUT2D eigenvalue weighted by Gasteiger charge is 2.84. The molecule has 2 aromatic carbocycles. The fourth-order valence-electron chi connectivity index (χ4n) is 11.1. The summed E-state index contributed by atoms with van der Waals surface area (Å²) in [5.41, 5.74) is -2.72. The van der Waals surface area contributed by atoms with Crippen LogP contribution in [0.3, 0.4) is 0 Å². The summed E-state index contributed by atoms with van der Waals surface area (Å²) in [6.45, 7) is 8.95. The molecule has 1 saturated carbocycles. The summed E-state index contributed by atoms with van der Waals surface area (Å²) in [7, 11) is 0. The van der Waals surface area contributed by atoms with Gasteiger partial charge in [-0.15, -0.1) is 23.5 Å². The van der Waals surface area contributed by atoms with Gasteiger partial charge in [0.1, 0.15) is 0 Å². The maximum absolute atomic E-state index is 16.0. The van der Waals surface area contributed by atoms with Crippen LogP contribution in [0.5, 0.6) is 0 Å². The quantitative estimate of drug-likeness (QED) is 0.0542. The predicted molar refractivity (Wildman–Crippen MR) is 295 cm³/mol. The molecule has 2 amide bonds. The predicted octanol–water partition coefficient (Wildman–Crippen LogP) is 19.2. The molecule has 0 bridgehead atoms. The second-order valence-electron chi connectivity index (χ2n) is 21.5. The largest absolute Gasteiger partial charge is 0.380 e. The second kappa shape index (κ2) is 27.6. The van der Waals surface area contributed by atoms with E-state index in [1.807, 2.05) is 0 Å². The number of carbonyl (C=O) groups is 2. The molecular formula is C61H84F6N2O2S2. The Morgan fingerprint density at radius 1 is 0.425 bits per heavy atom. The minimum absolute atomic E-state index is 0.244. The molecule has 2 aromatic rings. The van der Waals surface area contributed by atoms with Crippen molar-refractivity contribution in [2.45, 2.75) is 229 Å². The fourth-order valence-corrected chi connectivity index (χ4v) is 14.3. The highest BCUT2D eigenvalue weighted by Crippen LogP contribution is 2.77. The third-order valence-electron chi connectivity index (χ3n) is 15.8. The molecule has 6 rings (SSSR count). The van der Waals surface area contributed by atoms with Gasteiger partial charge in [-0.2, -0.15) is 26.3 Å². The number of carbonyl (C=O) groups excluding carboxylic acids is 2. The van der Waals surface area contributed by atoms with E-state index in [1.54, 1.807) is 62.4 Å². The maximum atomic E-state index is 16.0. The molecule has 0 atom stereocenters. The van der Waals surface area contributed by atoms with Crippen LogP contribution >= 0.6 is 23.5 Å². The van der Waals surface area contributed by atoms with E-state index in [9.17, 15) is 9.59 Å². The minimum atomic E-state index is -5.65. The Morgan fingerprint density at radius 3 is 0.986 bits per heavy atom. The van der Waals surface area contributed by atoms with Crippen molar-refractivity contribution in [3.8, 4) is 0 Å². The number of hydrogen-bond donors (Lipinski definition) is 2. The third-order valence-corrected chi connectivity index (χ3v) is 19.1. The van der Waals surface area contributed by atoms with Crippen LogP contribution in [0.15, 0.2) is 83.0 Å². The lowest BCUT2D eigenvalue weighted by atomic mass is 9.72. The highest BCUT2D eigenvalue weighted by molar-refractivity contribution is 8.26. The minimum Gasteiger partial charge on any atom is -0.352 e. The van der Waals surface area contributed by atoms with E-state index in [1.165, 1.54) is 177 Å². The molecule has 2 heterocycles. The summed E-state index contributed by atoms with van der Waals surface area (Å²) in [4.78, 5) is 27.2. The van der Waals surface area contributed by atoms with Gasteiger partial charge in [-0.05, 0) is 85.4 Å². The van der Waals surface area contributed by atoms with Crippen molar-refractivity contribution in [3.05, 3.63) is 105 Å². The SMILES string of the molecule is CCCCCCCCCCCCCCCCNC(=O)c1ccc(C2=CC3=C4C(=C5C=C(c6ccc(C(=O)NCCCCCCCCCCCCCCCC)cc6)SC(C)(S2)C35C)C(F)(F)C(F)(F)C4(F)F)cc1. The number of alkyl halides is 6. The van der Waals surface area contributed by atoms with Crippen molar-refractivity contribution in [3.63, 3.8) is 0 Å². The number of amides is 2. The molecule has 1 fully saturated rings. The Kier molecular flexibility index (Phi) is 22.3. The van der Waals surface area contributed by atoms with Crippen LogP contribution in [0.2, 0.25) is 0 Å². The maximum Gasteiger partial charge on any atom is 0.380 e. The van der Waals surface area contributed by atoms with Crippen LogP contribution in [0.25, 0.3) is 9.81 Å². The van der Waals surface area contributed by atoms with E-state index in [2.05, 4.69) is 24.5 Å². The molecule has 0 radical (unpaired) electrons. The summed E-state index contributed by atoms with van der Waals surface area (Å²) < 4.78 is 93.5. The van der Waals surface area contributed by atoms with Gasteiger partial charge in [-0.3, -0.25) is 9.59 Å². The molecule has 2 aliphatic carbocycles. The molecule has 2 N–H and O–H groups in total. The van der Waals surface area contributed by atoms with Crippen molar-refractivity contribution in [2.75, 3.05) is 13.1 Å². The number of rotatable bonds is 34. The summed E-state index contributed by atoms with van der Waals surface area (Å²) in [6.07, 6.45) is 37.6. The highest BCUT2D eigenvalue weighted by atomic mass is 32.2. The van der Waals surface area contributed by atoms with Crippen LogP contribution in [0.4, 0.5) is 26.3 Å². The van der Waals surface area contributed by atoms with Crippen molar-refractivity contribution in [1.29, 1.82) is 0 Å². The second-order valence-corrected chi connectivity index (χ2v) is 24.6. The van der Waals surface area contributed by atoms with Gasteiger partial charge in [0.25, 0.3) is 11.8 Å². The average molecular weight is 1060 g/mol. The Balaban J connectivity index is 1.03. The first-order chi connectivity index (χ1) is 35.0. The number of hydrogen-bond acceptors (Lipinski definition) is 4. The van der Waals surface area contributed by atoms with E-state index >= 15 is 26.3 Å². The lowest BCUT2D eigenvalue weighted by Crippen LogP contribution is -2.50. The smallest absolute Gasteiger partial charge is 0.352 e. The number of halogens is 6. The van der Waals surface area contributed by atoms with E-state index < -0.39 is 38.4 Å². The monoisotopic (exact) mass is 1050 g/mol. The molecule has 4 nitrogen and oxygen atoms in total. The van der Waals surface area contributed by atoms with Crippen LogP contribution in [-0.2, 0) is 0 Å². The summed E-state index contributed by atoms with van der Waals surface area (Å²) in [5, 5.41) is 5.98. The molecule has 0 spiro atoms. The molecular weight excluding hydrogens is 971 g/mol. The molecule has 0 saturated heterocycles. The number of benzene rings is 2. The zero-order chi connectivity index (χ0) is 52.5. The lowest BCUT2D eigenvalue weighted by Gasteiger charge is -2.52. The molecule has 2 aliphatic heterocycles. The van der Waals surface area contributed by atoms with Gasteiger partial charge in [-0.25, -0.2) is 0 Å². The number of unbranched alkanes of at least 4 members (excludes halogenated alkanes) is 26. The average Bonchev–Trinajstić information content (AvgIpc) is 3.70. The first kappa shape index (κ1) is 58.9. The molecule has 0 aromatic heterocycles. The van der Waals surface area contributed by atoms with Crippen molar-refractivity contribution < 1.29 is 35.9 Å². The zero-order valence-corrected chi connectivity index (χ0v) is 46.0. The summed E-state index contributed by atoms with van der Waals surface area (Å²) in [5.74, 6) is -16.4. The van der Waals surface area contributed by atoms with Gasteiger partial charge in [0, 0.05) is 50.6 Å². The number of nitrogens with one attached hydrogen (secondary N) is 2. The number of thioether (sulfide) groups is 2. The Bertz CT molecular complexity index is 2100. The normalized spacial score (nSPS) is 21.2. The van der Waals surface area contributed by atoms with E-state index in [0.717, 1.165) is 38.5 Å².